The van der Waals surface area contributed by atoms with Gasteiger partial charge in [0.05, 0.1) is 24.4 Å². The molecule has 2 heterocycles. The number of hydrogen-bond donors (Lipinski definition) is 0. The summed E-state index contributed by atoms with van der Waals surface area (Å²) in [6, 6.07) is 13.1. The largest absolute Gasteiger partial charge is 0.469 e. The van der Waals surface area contributed by atoms with Gasteiger partial charge in [0.1, 0.15) is 23.6 Å². The summed E-state index contributed by atoms with van der Waals surface area (Å²) in [4.78, 5) is 24.2. The van der Waals surface area contributed by atoms with E-state index in [1.54, 1.807) is 12.3 Å². The van der Waals surface area contributed by atoms with Crippen LogP contribution in [0.25, 0.3) is 17.4 Å². The minimum Gasteiger partial charge on any atom is -0.469 e. The SMILES string of the molecule is C=C1/C(=C\c2ccc(-c3cc(C=O)ccc3C)o2)CC2=CC(C)=C(C(=O)OCC)C(c3ccco3)C12. The zero-order valence-corrected chi connectivity index (χ0v) is 20.7. The second-order valence-electron chi connectivity index (χ2n) is 9.27. The third-order valence-electron chi connectivity index (χ3n) is 7.00. The van der Waals surface area contributed by atoms with Crippen molar-refractivity contribution in [1.82, 2.24) is 0 Å². The van der Waals surface area contributed by atoms with E-state index in [1.165, 1.54) is 5.57 Å². The van der Waals surface area contributed by atoms with Crippen LogP contribution in [0, 0.1) is 12.8 Å². The monoisotopic (exact) mass is 480 g/mol. The number of carbonyl (C=O) groups excluding carboxylic acids is 2. The van der Waals surface area contributed by atoms with Crippen molar-refractivity contribution in [1.29, 1.82) is 0 Å². The molecule has 2 unspecified atom stereocenters. The molecule has 5 nitrogen and oxygen atoms in total. The maximum atomic E-state index is 13.0. The van der Waals surface area contributed by atoms with Crippen molar-refractivity contribution in [2.24, 2.45) is 5.92 Å². The van der Waals surface area contributed by atoms with Crippen LogP contribution in [0.5, 0.6) is 0 Å². The highest BCUT2D eigenvalue weighted by molar-refractivity contribution is 5.93. The van der Waals surface area contributed by atoms with Gasteiger partial charge >= 0.3 is 5.97 Å². The van der Waals surface area contributed by atoms with Gasteiger partial charge in [-0.15, -0.1) is 0 Å². The fourth-order valence-electron chi connectivity index (χ4n) is 5.33. The van der Waals surface area contributed by atoms with Crippen LogP contribution < -0.4 is 0 Å². The van der Waals surface area contributed by atoms with Crippen LogP contribution in [0.3, 0.4) is 0 Å². The Hall–Kier alpha value is -4.12. The van der Waals surface area contributed by atoms with Crippen molar-refractivity contribution < 1.29 is 23.2 Å². The summed E-state index contributed by atoms with van der Waals surface area (Å²) in [5.41, 5.74) is 7.23. The molecule has 0 N–H and O–H groups in total. The molecule has 1 saturated carbocycles. The van der Waals surface area contributed by atoms with Gasteiger partial charge in [0, 0.05) is 17.0 Å². The third-order valence-corrected chi connectivity index (χ3v) is 7.00. The summed E-state index contributed by atoms with van der Waals surface area (Å²) >= 11 is 0. The molecular formula is C31H28O5. The molecule has 1 aromatic carbocycles. The Morgan fingerprint density at radius 3 is 2.72 bits per heavy atom. The lowest BCUT2D eigenvalue weighted by Gasteiger charge is -2.30. The number of aryl methyl sites for hydroxylation is 1. The number of hydrogen-bond acceptors (Lipinski definition) is 5. The normalized spacial score (nSPS) is 20.5. The minimum absolute atomic E-state index is 0.0912. The minimum atomic E-state index is -0.319. The topological polar surface area (TPSA) is 69.7 Å². The molecule has 0 spiro atoms. The van der Waals surface area contributed by atoms with E-state index in [0.717, 1.165) is 39.9 Å². The van der Waals surface area contributed by atoms with Gasteiger partial charge in [0.15, 0.2) is 0 Å². The van der Waals surface area contributed by atoms with Gasteiger partial charge in [0.2, 0.25) is 0 Å². The van der Waals surface area contributed by atoms with Crippen molar-refractivity contribution >= 4 is 18.3 Å². The molecule has 36 heavy (non-hydrogen) atoms. The number of fused-ring (bicyclic) bond motifs is 1. The van der Waals surface area contributed by atoms with E-state index in [9.17, 15) is 9.59 Å². The van der Waals surface area contributed by atoms with Crippen molar-refractivity contribution in [2.45, 2.75) is 33.1 Å². The number of ether oxygens (including phenoxy) is 1. The van der Waals surface area contributed by atoms with E-state index in [2.05, 4.69) is 12.7 Å². The molecule has 182 valence electrons. The Morgan fingerprint density at radius 2 is 2.00 bits per heavy atom. The van der Waals surface area contributed by atoms with Crippen LogP contribution in [0.1, 0.15) is 53.6 Å². The number of rotatable bonds is 6. The second kappa shape index (κ2) is 9.50. The standard InChI is InChI=1S/C31H28O5/c1-5-34-31(33)28-19(3)13-23-15-22(20(4)29(23)30(28)27-7-6-12-35-27)16-24-10-11-26(36-24)25-14-21(17-32)9-8-18(25)2/h6-14,16-17,29-30H,4-5,15H2,1-3H3/b22-16-. The smallest absolute Gasteiger partial charge is 0.335 e. The predicted octanol–water partition coefficient (Wildman–Crippen LogP) is 7.22. The van der Waals surface area contributed by atoms with Crippen molar-refractivity contribution in [3.8, 4) is 11.3 Å². The molecule has 2 aliphatic rings. The predicted molar refractivity (Wildman–Crippen MR) is 138 cm³/mol. The molecule has 2 aromatic heterocycles. The molecule has 1 fully saturated rings. The van der Waals surface area contributed by atoms with E-state index in [0.29, 0.717) is 35.7 Å². The summed E-state index contributed by atoms with van der Waals surface area (Å²) in [5, 5.41) is 0. The van der Waals surface area contributed by atoms with Crippen LogP contribution >= 0.6 is 0 Å². The molecular weight excluding hydrogens is 452 g/mol. The van der Waals surface area contributed by atoms with Crippen molar-refractivity contribution in [3.05, 3.63) is 112 Å². The first-order valence-electron chi connectivity index (χ1n) is 12.1. The molecule has 3 aromatic rings. The van der Waals surface area contributed by atoms with E-state index >= 15 is 0 Å². The average molecular weight is 481 g/mol. The fourth-order valence-corrected chi connectivity index (χ4v) is 5.33. The third kappa shape index (κ3) is 4.11. The van der Waals surface area contributed by atoms with Gasteiger partial charge < -0.3 is 13.6 Å². The Balaban J connectivity index is 1.50. The lowest BCUT2D eigenvalue weighted by molar-refractivity contribution is -0.139. The maximum Gasteiger partial charge on any atom is 0.335 e. The highest BCUT2D eigenvalue weighted by Crippen LogP contribution is 2.53. The van der Waals surface area contributed by atoms with Crippen LogP contribution in [0.4, 0.5) is 0 Å². The van der Waals surface area contributed by atoms with E-state index < -0.39 is 0 Å². The quantitative estimate of drug-likeness (QED) is 0.275. The highest BCUT2D eigenvalue weighted by atomic mass is 16.5. The summed E-state index contributed by atoms with van der Waals surface area (Å²) in [6.07, 6.45) is 7.28. The average Bonchev–Trinajstić information content (AvgIpc) is 3.61. The summed E-state index contributed by atoms with van der Waals surface area (Å²) in [7, 11) is 0. The van der Waals surface area contributed by atoms with E-state index in [4.69, 9.17) is 13.6 Å². The lowest BCUT2D eigenvalue weighted by Crippen LogP contribution is -2.25. The van der Waals surface area contributed by atoms with Gasteiger partial charge in [0.25, 0.3) is 0 Å². The molecule has 5 rings (SSSR count). The van der Waals surface area contributed by atoms with Gasteiger partial charge in [-0.25, -0.2) is 4.79 Å². The number of benzene rings is 1. The van der Waals surface area contributed by atoms with Gasteiger partial charge in [-0.05, 0) is 85.9 Å². The van der Waals surface area contributed by atoms with Crippen molar-refractivity contribution in [2.75, 3.05) is 6.61 Å². The fraction of sp³-hybridized carbons (Fsp3) is 0.226. The molecule has 0 aliphatic heterocycles. The Morgan fingerprint density at radius 1 is 1.17 bits per heavy atom. The van der Waals surface area contributed by atoms with Gasteiger partial charge in [-0.2, -0.15) is 0 Å². The first-order valence-corrected chi connectivity index (χ1v) is 12.1. The van der Waals surface area contributed by atoms with Gasteiger partial charge in [-0.3, -0.25) is 4.79 Å². The molecule has 2 aliphatic carbocycles. The molecule has 0 radical (unpaired) electrons. The molecule has 5 heteroatoms. The van der Waals surface area contributed by atoms with Gasteiger partial charge in [-0.1, -0.05) is 30.4 Å². The highest BCUT2D eigenvalue weighted by Gasteiger charge is 2.44. The maximum absolute atomic E-state index is 13.0. The van der Waals surface area contributed by atoms with Crippen LogP contribution in [-0.2, 0) is 9.53 Å². The number of furan rings is 2. The molecule has 0 amide bonds. The first kappa shape index (κ1) is 23.6. The molecule has 2 atom stereocenters. The second-order valence-corrected chi connectivity index (χ2v) is 9.27. The lowest BCUT2D eigenvalue weighted by atomic mass is 9.73. The zero-order valence-electron chi connectivity index (χ0n) is 20.7. The summed E-state index contributed by atoms with van der Waals surface area (Å²) < 4.78 is 17.4. The number of allylic oxidation sites excluding steroid dienone is 5. The first-order chi connectivity index (χ1) is 17.4. The Kier molecular flexibility index (Phi) is 6.23. The van der Waals surface area contributed by atoms with Crippen LogP contribution in [0.15, 0.2) is 98.1 Å². The molecule has 0 bridgehead atoms. The zero-order chi connectivity index (χ0) is 25.4. The Labute approximate surface area is 210 Å². The summed E-state index contributed by atoms with van der Waals surface area (Å²) in [5.74, 6) is 1.44. The number of esters is 1. The van der Waals surface area contributed by atoms with Crippen LogP contribution in [0.2, 0.25) is 0 Å². The van der Waals surface area contributed by atoms with E-state index in [1.807, 2.05) is 63.2 Å². The van der Waals surface area contributed by atoms with Crippen molar-refractivity contribution in [3.63, 3.8) is 0 Å². The number of carbonyl (C=O) groups is 2. The molecule has 0 saturated heterocycles. The van der Waals surface area contributed by atoms with Crippen LogP contribution in [-0.4, -0.2) is 18.9 Å². The summed E-state index contributed by atoms with van der Waals surface area (Å²) in [6.45, 7) is 10.5. The Bertz CT molecular complexity index is 1440. The number of aldehydes is 1. The van der Waals surface area contributed by atoms with E-state index in [-0.39, 0.29) is 17.8 Å².